The summed E-state index contributed by atoms with van der Waals surface area (Å²) in [6.07, 6.45) is 8.53. The van der Waals surface area contributed by atoms with Gasteiger partial charge < -0.3 is 15.4 Å². The van der Waals surface area contributed by atoms with Crippen LogP contribution in [0.5, 0.6) is 5.75 Å². The molecule has 11 heteroatoms. The van der Waals surface area contributed by atoms with Crippen molar-refractivity contribution >= 4 is 32.6 Å². The van der Waals surface area contributed by atoms with Gasteiger partial charge in [-0.05, 0) is 56.3 Å². The van der Waals surface area contributed by atoms with E-state index in [9.17, 15) is 8.42 Å². The van der Waals surface area contributed by atoms with Crippen LogP contribution in [0.25, 0.3) is 22.2 Å². The number of rotatable bonds is 6. The SMILES string of the molecule is NS(=O)(=O)c1ccc(Nc2ncc3ccc(-c4cnccn4)c(OC4CCNCC4)c3n2)cc1. The van der Waals surface area contributed by atoms with Crippen LogP contribution in [0.3, 0.4) is 0 Å². The molecule has 0 bridgehead atoms. The molecule has 0 saturated carbocycles. The van der Waals surface area contributed by atoms with Gasteiger partial charge in [-0.1, -0.05) is 6.07 Å². The summed E-state index contributed by atoms with van der Waals surface area (Å²) in [6, 6.07) is 9.95. The number of nitrogens with one attached hydrogen (secondary N) is 2. The van der Waals surface area contributed by atoms with E-state index >= 15 is 0 Å². The third kappa shape index (κ3) is 4.81. The lowest BCUT2D eigenvalue weighted by Crippen LogP contribution is -2.34. The molecule has 0 radical (unpaired) electrons. The second-order valence-electron chi connectivity index (χ2n) is 7.93. The summed E-state index contributed by atoms with van der Waals surface area (Å²) in [5, 5.41) is 12.5. The molecule has 3 heterocycles. The van der Waals surface area contributed by atoms with Crippen LogP contribution in [-0.4, -0.2) is 47.5 Å². The van der Waals surface area contributed by atoms with Crippen LogP contribution >= 0.6 is 0 Å². The van der Waals surface area contributed by atoms with E-state index in [1.807, 2.05) is 12.1 Å². The number of benzene rings is 2. The zero-order valence-corrected chi connectivity index (χ0v) is 19.0. The van der Waals surface area contributed by atoms with E-state index in [-0.39, 0.29) is 11.0 Å². The summed E-state index contributed by atoms with van der Waals surface area (Å²) in [5.41, 5.74) is 2.78. The van der Waals surface area contributed by atoms with Crippen LogP contribution in [0, 0.1) is 0 Å². The molecule has 0 spiro atoms. The fraction of sp³-hybridized carbons (Fsp3) is 0.217. The number of piperidine rings is 1. The summed E-state index contributed by atoms with van der Waals surface area (Å²) in [6.45, 7) is 1.79. The molecule has 10 nitrogen and oxygen atoms in total. The van der Waals surface area contributed by atoms with Crippen molar-refractivity contribution in [1.82, 2.24) is 25.3 Å². The van der Waals surface area contributed by atoms with E-state index in [1.165, 1.54) is 12.1 Å². The molecule has 4 aromatic rings. The highest BCUT2D eigenvalue weighted by molar-refractivity contribution is 7.89. The quantitative estimate of drug-likeness (QED) is 0.381. The largest absolute Gasteiger partial charge is 0.487 e. The molecule has 1 saturated heterocycles. The van der Waals surface area contributed by atoms with Gasteiger partial charge in [0.25, 0.3) is 0 Å². The number of hydrogen-bond donors (Lipinski definition) is 3. The van der Waals surface area contributed by atoms with E-state index in [0.717, 1.165) is 36.9 Å². The highest BCUT2D eigenvalue weighted by Gasteiger charge is 2.21. The van der Waals surface area contributed by atoms with Crippen molar-refractivity contribution in [1.29, 1.82) is 0 Å². The van der Waals surface area contributed by atoms with Crippen molar-refractivity contribution in [2.45, 2.75) is 23.8 Å². The van der Waals surface area contributed by atoms with Crippen LogP contribution in [-0.2, 0) is 10.0 Å². The third-order valence-corrected chi connectivity index (χ3v) is 6.48. The van der Waals surface area contributed by atoms with Gasteiger partial charge in [0.2, 0.25) is 16.0 Å². The van der Waals surface area contributed by atoms with Crippen molar-refractivity contribution in [2.75, 3.05) is 18.4 Å². The molecule has 1 fully saturated rings. The number of fused-ring (bicyclic) bond motifs is 1. The van der Waals surface area contributed by atoms with Crippen molar-refractivity contribution < 1.29 is 13.2 Å². The monoisotopic (exact) mass is 477 g/mol. The van der Waals surface area contributed by atoms with Crippen LogP contribution in [0.15, 0.2) is 66.1 Å². The maximum atomic E-state index is 11.5. The molecule has 1 aliphatic heterocycles. The second-order valence-corrected chi connectivity index (χ2v) is 9.49. The lowest BCUT2D eigenvalue weighted by atomic mass is 10.1. The Bertz CT molecular complexity index is 1410. The smallest absolute Gasteiger partial charge is 0.238 e. The molecule has 2 aromatic heterocycles. The predicted molar refractivity (Wildman–Crippen MR) is 128 cm³/mol. The van der Waals surface area contributed by atoms with Crippen molar-refractivity contribution in [3.63, 3.8) is 0 Å². The van der Waals surface area contributed by atoms with Gasteiger partial charge in [-0.15, -0.1) is 0 Å². The molecule has 174 valence electrons. The molecule has 5 rings (SSSR count). The first-order valence-corrected chi connectivity index (χ1v) is 12.4. The predicted octanol–water partition coefficient (Wildman–Crippen LogP) is 2.61. The topological polar surface area (TPSA) is 145 Å². The first kappa shape index (κ1) is 22.1. The Hall–Kier alpha value is -3.67. The molecule has 0 atom stereocenters. The molecular weight excluding hydrogens is 454 g/mol. The van der Waals surface area contributed by atoms with E-state index < -0.39 is 10.0 Å². The highest BCUT2D eigenvalue weighted by Crippen LogP contribution is 2.36. The lowest BCUT2D eigenvalue weighted by Gasteiger charge is -2.25. The van der Waals surface area contributed by atoms with Gasteiger partial charge in [-0.25, -0.2) is 23.5 Å². The van der Waals surface area contributed by atoms with Crippen molar-refractivity contribution in [3.8, 4) is 17.0 Å². The zero-order chi connectivity index (χ0) is 23.5. The molecular formula is C23H23N7O3S. The van der Waals surface area contributed by atoms with Crippen LogP contribution in [0.4, 0.5) is 11.6 Å². The van der Waals surface area contributed by atoms with Crippen LogP contribution in [0.2, 0.25) is 0 Å². The average Bonchev–Trinajstić information content (AvgIpc) is 2.85. The number of aromatic nitrogens is 4. The summed E-state index contributed by atoms with van der Waals surface area (Å²) in [4.78, 5) is 17.8. The fourth-order valence-electron chi connectivity index (χ4n) is 3.83. The molecule has 1 aliphatic rings. The van der Waals surface area contributed by atoms with Gasteiger partial charge in [0.1, 0.15) is 11.6 Å². The number of sulfonamides is 1. The zero-order valence-electron chi connectivity index (χ0n) is 18.2. The van der Waals surface area contributed by atoms with Crippen LogP contribution in [0.1, 0.15) is 12.8 Å². The molecule has 2 aromatic carbocycles. The van der Waals surface area contributed by atoms with E-state index in [0.29, 0.717) is 28.6 Å². The first-order chi connectivity index (χ1) is 16.5. The molecule has 0 unspecified atom stereocenters. The number of ether oxygens (including phenoxy) is 1. The Kier molecular flexibility index (Phi) is 6.05. The van der Waals surface area contributed by atoms with Crippen molar-refractivity contribution in [2.24, 2.45) is 5.14 Å². The second kappa shape index (κ2) is 9.29. The highest BCUT2D eigenvalue weighted by atomic mass is 32.2. The lowest BCUT2D eigenvalue weighted by molar-refractivity contribution is 0.165. The van der Waals surface area contributed by atoms with Gasteiger partial charge in [-0.2, -0.15) is 0 Å². The van der Waals surface area contributed by atoms with Gasteiger partial charge in [0.15, 0.2) is 5.75 Å². The number of nitrogens with two attached hydrogens (primary N) is 1. The summed E-state index contributed by atoms with van der Waals surface area (Å²) in [7, 11) is -3.76. The van der Waals surface area contributed by atoms with Gasteiger partial charge in [0.05, 0.1) is 16.8 Å². The summed E-state index contributed by atoms with van der Waals surface area (Å²) >= 11 is 0. The normalized spacial score (nSPS) is 14.7. The standard InChI is InChI=1S/C23H23N7O3S/c24-34(31,32)18-4-2-16(3-5-18)29-23-28-13-15-1-6-19(20-14-26-11-12-27-20)22(21(15)30-23)33-17-7-9-25-10-8-17/h1-6,11-14,17,25H,7-10H2,(H2,24,31,32)(H,28,29,30). The van der Waals surface area contributed by atoms with Gasteiger partial charge in [0, 0.05) is 35.2 Å². The Balaban J connectivity index is 1.54. The number of hydrogen-bond acceptors (Lipinski definition) is 9. The van der Waals surface area contributed by atoms with Crippen molar-refractivity contribution in [3.05, 3.63) is 61.2 Å². The minimum Gasteiger partial charge on any atom is -0.487 e. The fourth-order valence-corrected chi connectivity index (χ4v) is 4.34. The molecule has 0 aliphatic carbocycles. The average molecular weight is 478 g/mol. The maximum absolute atomic E-state index is 11.5. The minimum absolute atomic E-state index is 0.0313. The summed E-state index contributed by atoms with van der Waals surface area (Å²) in [5.74, 6) is 0.988. The van der Waals surface area contributed by atoms with E-state index in [1.54, 1.807) is 36.9 Å². The van der Waals surface area contributed by atoms with E-state index in [4.69, 9.17) is 14.9 Å². The van der Waals surface area contributed by atoms with Gasteiger partial charge >= 0.3 is 0 Å². The maximum Gasteiger partial charge on any atom is 0.238 e. The summed E-state index contributed by atoms with van der Waals surface area (Å²) < 4.78 is 29.5. The Labute approximate surface area is 196 Å². The number of nitrogens with zero attached hydrogens (tertiary/aromatic N) is 4. The number of primary sulfonamides is 1. The first-order valence-electron chi connectivity index (χ1n) is 10.8. The minimum atomic E-state index is -3.76. The molecule has 0 amide bonds. The van der Waals surface area contributed by atoms with E-state index in [2.05, 4.69) is 25.6 Å². The Morgan fingerprint density at radius 3 is 2.50 bits per heavy atom. The van der Waals surface area contributed by atoms with Gasteiger partial charge in [-0.3, -0.25) is 9.97 Å². The van der Waals surface area contributed by atoms with Crippen LogP contribution < -0.4 is 20.5 Å². The number of anilines is 2. The third-order valence-electron chi connectivity index (χ3n) is 5.56. The molecule has 4 N–H and O–H groups in total. The Morgan fingerprint density at radius 1 is 1.00 bits per heavy atom. The molecule has 34 heavy (non-hydrogen) atoms. The Morgan fingerprint density at radius 2 is 1.79 bits per heavy atom.